The summed E-state index contributed by atoms with van der Waals surface area (Å²) in [4.78, 5) is 11.7. The van der Waals surface area contributed by atoms with E-state index in [1.54, 1.807) is 7.11 Å². The zero-order chi connectivity index (χ0) is 13.4. The predicted octanol–water partition coefficient (Wildman–Crippen LogP) is 1.35. The van der Waals surface area contributed by atoms with Crippen LogP contribution in [0.2, 0.25) is 0 Å². The maximum Gasteiger partial charge on any atom is 0.251 e. The number of carbonyl (C=O) groups is 1. The molecule has 0 heterocycles. The molecule has 1 amide bonds. The Labute approximate surface area is 109 Å². The maximum atomic E-state index is 11.7. The number of carbonyl (C=O) groups excluding carboxylic acids is 1. The van der Waals surface area contributed by atoms with Crippen LogP contribution in [0.15, 0.2) is 24.3 Å². The Hall–Kier alpha value is -1.39. The van der Waals surface area contributed by atoms with Crippen molar-refractivity contribution in [2.45, 2.75) is 20.0 Å². The third-order valence-electron chi connectivity index (χ3n) is 2.74. The predicted molar refractivity (Wildman–Crippen MR) is 72.9 cm³/mol. The van der Waals surface area contributed by atoms with Gasteiger partial charge in [0.1, 0.15) is 0 Å². The zero-order valence-corrected chi connectivity index (χ0v) is 11.3. The Balaban J connectivity index is 2.19. The fourth-order valence-electron chi connectivity index (χ4n) is 1.46. The zero-order valence-electron chi connectivity index (χ0n) is 11.3. The van der Waals surface area contributed by atoms with Gasteiger partial charge in [-0.05, 0) is 26.0 Å². The summed E-state index contributed by atoms with van der Waals surface area (Å²) in [6.07, 6.45) is 0.192. The molecule has 4 heteroatoms. The molecule has 1 aromatic rings. The van der Waals surface area contributed by atoms with Crippen LogP contribution in [-0.4, -0.2) is 38.8 Å². The highest BCUT2D eigenvalue weighted by molar-refractivity contribution is 5.94. The molecule has 0 aliphatic carbocycles. The van der Waals surface area contributed by atoms with Crippen molar-refractivity contribution in [3.05, 3.63) is 35.4 Å². The van der Waals surface area contributed by atoms with Crippen LogP contribution in [0, 0.1) is 6.92 Å². The van der Waals surface area contributed by atoms with Crippen molar-refractivity contribution >= 4 is 5.91 Å². The van der Waals surface area contributed by atoms with Crippen molar-refractivity contribution in [1.29, 1.82) is 0 Å². The minimum Gasteiger partial charge on any atom is -0.380 e. The molecule has 0 saturated heterocycles. The smallest absolute Gasteiger partial charge is 0.251 e. The van der Waals surface area contributed by atoms with Crippen LogP contribution in [0.5, 0.6) is 0 Å². The molecule has 4 nitrogen and oxygen atoms in total. The van der Waals surface area contributed by atoms with Crippen LogP contribution >= 0.6 is 0 Å². The van der Waals surface area contributed by atoms with Crippen molar-refractivity contribution in [3.63, 3.8) is 0 Å². The number of nitrogens with one attached hydrogen (secondary N) is 2. The first kappa shape index (κ1) is 14.7. The summed E-state index contributed by atoms with van der Waals surface area (Å²) >= 11 is 0. The van der Waals surface area contributed by atoms with Gasteiger partial charge in [0.2, 0.25) is 0 Å². The third-order valence-corrected chi connectivity index (χ3v) is 2.74. The maximum absolute atomic E-state index is 11.7. The van der Waals surface area contributed by atoms with E-state index in [1.165, 1.54) is 0 Å². The second kappa shape index (κ2) is 7.84. The lowest BCUT2D eigenvalue weighted by molar-refractivity contribution is 0.0952. The minimum atomic E-state index is -0.0309. The standard InChI is InChI=1S/C14H22N2O2/c1-11-4-6-13(7-5-11)14(17)16-9-8-15-10-12(2)18-3/h4-7,12,15H,8-10H2,1-3H3,(H,16,17). The van der Waals surface area contributed by atoms with Crippen molar-refractivity contribution < 1.29 is 9.53 Å². The Kier molecular flexibility index (Phi) is 6.39. The van der Waals surface area contributed by atoms with Crippen LogP contribution in [0.1, 0.15) is 22.8 Å². The van der Waals surface area contributed by atoms with Crippen LogP contribution < -0.4 is 10.6 Å². The minimum absolute atomic E-state index is 0.0309. The highest BCUT2D eigenvalue weighted by Crippen LogP contribution is 2.02. The van der Waals surface area contributed by atoms with E-state index in [0.29, 0.717) is 12.1 Å². The van der Waals surface area contributed by atoms with Gasteiger partial charge in [-0.2, -0.15) is 0 Å². The number of benzene rings is 1. The Bertz CT molecular complexity index is 363. The quantitative estimate of drug-likeness (QED) is 0.718. The number of hydrogen-bond donors (Lipinski definition) is 2. The summed E-state index contributed by atoms with van der Waals surface area (Å²) < 4.78 is 5.11. The van der Waals surface area contributed by atoms with Gasteiger partial charge >= 0.3 is 0 Å². The van der Waals surface area contributed by atoms with Gasteiger partial charge in [0, 0.05) is 32.3 Å². The van der Waals surface area contributed by atoms with E-state index in [-0.39, 0.29) is 12.0 Å². The summed E-state index contributed by atoms with van der Waals surface area (Å²) in [5.41, 5.74) is 1.85. The summed E-state index contributed by atoms with van der Waals surface area (Å²) in [6, 6.07) is 7.55. The molecule has 1 atom stereocenters. The third kappa shape index (κ3) is 5.29. The molecule has 1 unspecified atom stereocenters. The molecule has 18 heavy (non-hydrogen) atoms. The SMILES string of the molecule is COC(C)CNCCNC(=O)c1ccc(C)cc1. The average molecular weight is 250 g/mol. The van der Waals surface area contributed by atoms with Crippen LogP contribution in [-0.2, 0) is 4.74 Å². The number of aryl methyl sites for hydroxylation is 1. The molecule has 0 aromatic heterocycles. The van der Waals surface area contributed by atoms with E-state index in [9.17, 15) is 4.79 Å². The molecule has 0 aliphatic heterocycles. The first-order valence-corrected chi connectivity index (χ1v) is 6.22. The molecule has 0 saturated carbocycles. The van der Waals surface area contributed by atoms with E-state index in [4.69, 9.17) is 4.74 Å². The molecular formula is C14H22N2O2. The summed E-state index contributed by atoms with van der Waals surface area (Å²) in [5.74, 6) is -0.0309. The molecule has 0 radical (unpaired) electrons. The van der Waals surface area contributed by atoms with Gasteiger partial charge in [-0.3, -0.25) is 4.79 Å². The molecule has 0 aliphatic rings. The summed E-state index contributed by atoms with van der Waals surface area (Å²) in [7, 11) is 1.69. The van der Waals surface area contributed by atoms with Crippen molar-refractivity contribution in [2.24, 2.45) is 0 Å². The fraction of sp³-hybridized carbons (Fsp3) is 0.500. The first-order chi connectivity index (χ1) is 8.63. The number of ether oxygens (including phenoxy) is 1. The summed E-state index contributed by atoms with van der Waals surface area (Å²) in [5, 5.41) is 6.08. The van der Waals surface area contributed by atoms with Crippen molar-refractivity contribution in [2.75, 3.05) is 26.7 Å². The Morgan fingerprint density at radius 2 is 1.94 bits per heavy atom. The molecule has 0 fully saturated rings. The van der Waals surface area contributed by atoms with Gasteiger partial charge in [-0.25, -0.2) is 0 Å². The van der Waals surface area contributed by atoms with Crippen molar-refractivity contribution in [3.8, 4) is 0 Å². The lowest BCUT2D eigenvalue weighted by Crippen LogP contribution is -2.35. The van der Waals surface area contributed by atoms with Crippen molar-refractivity contribution in [1.82, 2.24) is 10.6 Å². The highest BCUT2D eigenvalue weighted by atomic mass is 16.5. The second-order valence-corrected chi connectivity index (χ2v) is 4.37. The van der Waals surface area contributed by atoms with Gasteiger partial charge in [-0.1, -0.05) is 17.7 Å². The van der Waals surface area contributed by atoms with Crippen LogP contribution in [0.3, 0.4) is 0 Å². The molecule has 1 rings (SSSR count). The molecular weight excluding hydrogens is 228 g/mol. The van der Waals surface area contributed by atoms with Gasteiger partial charge in [0.15, 0.2) is 0 Å². The average Bonchev–Trinajstić information content (AvgIpc) is 2.38. The number of methoxy groups -OCH3 is 1. The molecule has 100 valence electrons. The number of hydrogen-bond acceptors (Lipinski definition) is 3. The first-order valence-electron chi connectivity index (χ1n) is 6.22. The lowest BCUT2D eigenvalue weighted by Gasteiger charge is -2.11. The lowest BCUT2D eigenvalue weighted by atomic mass is 10.1. The number of rotatable bonds is 7. The Morgan fingerprint density at radius 1 is 1.28 bits per heavy atom. The monoisotopic (exact) mass is 250 g/mol. The molecule has 0 spiro atoms. The van der Waals surface area contributed by atoms with Gasteiger partial charge in [-0.15, -0.1) is 0 Å². The van der Waals surface area contributed by atoms with Gasteiger partial charge in [0.25, 0.3) is 5.91 Å². The van der Waals surface area contributed by atoms with Crippen LogP contribution in [0.25, 0.3) is 0 Å². The summed E-state index contributed by atoms with van der Waals surface area (Å²) in [6.45, 7) is 6.14. The second-order valence-electron chi connectivity index (χ2n) is 4.37. The largest absolute Gasteiger partial charge is 0.380 e. The highest BCUT2D eigenvalue weighted by Gasteiger charge is 2.03. The molecule has 1 aromatic carbocycles. The van der Waals surface area contributed by atoms with Gasteiger partial charge < -0.3 is 15.4 Å². The van der Waals surface area contributed by atoms with E-state index in [1.807, 2.05) is 38.1 Å². The normalized spacial score (nSPS) is 12.2. The van der Waals surface area contributed by atoms with E-state index in [2.05, 4.69) is 10.6 Å². The fourth-order valence-corrected chi connectivity index (χ4v) is 1.46. The van der Waals surface area contributed by atoms with E-state index in [0.717, 1.165) is 18.7 Å². The Morgan fingerprint density at radius 3 is 2.56 bits per heavy atom. The topological polar surface area (TPSA) is 50.4 Å². The van der Waals surface area contributed by atoms with E-state index < -0.39 is 0 Å². The molecule has 2 N–H and O–H groups in total. The van der Waals surface area contributed by atoms with E-state index >= 15 is 0 Å². The van der Waals surface area contributed by atoms with Gasteiger partial charge in [0.05, 0.1) is 6.10 Å². The number of amides is 1. The van der Waals surface area contributed by atoms with Crippen LogP contribution in [0.4, 0.5) is 0 Å². The molecule has 0 bridgehead atoms.